The smallest absolute Gasteiger partial charge is 0.207 e. The first-order valence-electron chi connectivity index (χ1n) is 3.55. The molecule has 53 valence electrons. The third-order valence-electron chi connectivity index (χ3n) is 1.45. The van der Waals surface area contributed by atoms with Gasteiger partial charge in [-0.25, -0.2) is 0 Å². The van der Waals surface area contributed by atoms with Gasteiger partial charge in [0.15, 0.2) is 0 Å². The van der Waals surface area contributed by atoms with Crippen molar-refractivity contribution in [3.63, 3.8) is 0 Å². The lowest BCUT2D eigenvalue weighted by molar-refractivity contribution is 0.472. The van der Waals surface area contributed by atoms with Crippen LogP contribution in [0.25, 0.3) is 0 Å². The molecule has 0 fully saturated rings. The lowest BCUT2D eigenvalue weighted by Gasteiger charge is -1.94. The zero-order valence-corrected chi connectivity index (χ0v) is 7.33. The maximum Gasteiger partial charge on any atom is 0.207 e. The van der Waals surface area contributed by atoms with Crippen LogP contribution in [0.15, 0.2) is 30.3 Å². The van der Waals surface area contributed by atoms with E-state index in [1.54, 1.807) is 0 Å². The van der Waals surface area contributed by atoms with Gasteiger partial charge in [-0.15, -0.1) is 0 Å². The Morgan fingerprint density at radius 3 is 2.50 bits per heavy atom. The van der Waals surface area contributed by atoms with E-state index in [0.29, 0.717) is 0 Å². The largest absolute Gasteiger partial charge is 0.306 e. The predicted molar refractivity (Wildman–Crippen MR) is 44.2 cm³/mol. The molecular weight excluding hydrogens is 140 g/mol. The van der Waals surface area contributed by atoms with Crippen molar-refractivity contribution in [1.82, 2.24) is 0 Å². The number of hydrogen-bond donors (Lipinski definition) is 0. The number of aryl methyl sites for hydroxylation is 1. The highest BCUT2D eigenvalue weighted by atomic mass is 28.2. The van der Waals surface area contributed by atoms with Crippen molar-refractivity contribution >= 4 is 9.76 Å². The van der Waals surface area contributed by atoms with Gasteiger partial charge in [-0.05, 0) is 18.0 Å². The van der Waals surface area contributed by atoms with E-state index in [2.05, 4.69) is 12.1 Å². The first kappa shape index (κ1) is 7.50. The second-order valence-electron chi connectivity index (χ2n) is 2.29. The van der Waals surface area contributed by atoms with Crippen molar-refractivity contribution in [2.45, 2.75) is 12.5 Å². The van der Waals surface area contributed by atoms with Gasteiger partial charge in [0.05, 0.1) is 0 Å². The molecule has 0 amide bonds. The Hall–Kier alpha value is -0.603. The summed E-state index contributed by atoms with van der Waals surface area (Å²) in [5.41, 5.74) is 1.30. The van der Waals surface area contributed by atoms with E-state index in [9.17, 15) is 4.80 Å². The molecular formula is C8H11OSi. The third-order valence-corrected chi connectivity index (χ3v) is 2.09. The topological polar surface area (TPSA) is 19.9 Å². The maximum absolute atomic E-state index is 10.2. The fourth-order valence-electron chi connectivity index (χ4n) is 0.921. The van der Waals surface area contributed by atoms with E-state index in [0.717, 1.165) is 12.5 Å². The molecule has 0 aliphatic carbocycles. The van der Waals surface area contributed by atoms with Crippen molar-refractivity contribution in [3.05, 3.63) is 35.9 Å². The minimum atomic E-state index is -0.980. The van der Waals surface area contributed by atoms with E-state index in [1.165, 1.54) is 5.56 Å². The zero-order valence-electron chi connectivity index (χ0n) is 5.92. The van der Waals surface area contributed by atoms with Crippen LogP contribution in [-0.2, 0) is 11.2 Å². The predicted octanol–water partition coefficient (Wildman–Crippen LogP) is 1.16. The van der Waals surface area contributed by atoms with Crippen molar-refractivity contribution in [2.75, 3.05) is 0 Å². The van der Waals surface area contributed by atoms with Crippen LogP contribution < -0.4 is 0 Å². The summed E-state index contributed by atoms with van der Waals surface area (Å²) in [6, 6.07) is 11.1. The molecule has 2 heteroatoms. The molecule has 0 aromatic heterocycles. The minimum Gasteiger partial charge on any atom is -0.306 e. The average molecular weight is 151 g/mol. The van der Waals surface area contributed by atoms with Gasteiger partial charge in [0, 0.05) is 0 Å². The van der Waals surface area contributed by atoms with E-state index in [1.807, 2.05) is 18.2 Å². The molecule has 0 N–H and O–H groups in total. The molecule has 0 atom stereocenters. The molecule has 0 aliphatic heterocycles. The Morgan fingerprint density at radius 1 is 1.20 bits per heavy atom. The number of rotatable bonds is 3. The van der Waals surface area contributed by atoms with Crippen LogP contribution in [-0.4, -0.2) is 9.76 Å². The lowest BCUT2D eigenvalue weighted by Crippen LogP contribution is -1.88. The van der Waals surface area contributed by atoms with Gasteiger partial charge >= 0.3 is 0 Å². The van der Waals surface area contributed by atoms with Crippen molar-refractivity contribution in [1.29, 1.82) is 0 Å². The Kier molecular flexibility index (Phi) is 3.19. The van der Waals surface area contributed by atoms with Crippen LogP contribution in [0.4, 0.5) is 0 Å². The van der Waals surface area contributed by atoms with Gasteiger partial charge in [0.2, 0.25) is 9.76 Å². The first-order valence-corrected chi connectivity index (χ1v) is 5.13. The molecule has 0 aliphatic rings. The molecule has 1 radical (unpaired) electrons. The van der Waals surface area contributed by atoms with Gasteiger partial charge in [-0.1, -0.05) is 30.3 Å². The van der Waals surface area contributed by atoms with Crippen molar-refractivity contribution in [3.8, 4) is 0 Å². The van der Waals surface area contributed by atoms with Crippen molar-refractivity contribution in [2.24, 2.45) is 0 Å². The molecule has 1 rings (SSSR count). The van der Waals surface area contributed by atoms with Crippen LogP contribution in [0.3, 0.4) is 0 Å². The standard InChI is InChI=1S/C8H11OSi/c9-10-7-6-8-4-2-1-3-5-8/h1-5H,6-7,10H2. The van der Waals surface area contributed by atoms with Gasteiger partial charge < -0.3 is 4.80 Å². The molecule has 0 heterocycles. The zero-order chi connectivity index (χ0) is 7.23. The Balaban J connectivity index is 2.43. The number of benzene rings is 1. The van der Waals surface area contributed by atoms with Crippen LogP contribution in [0, 0.1) is 0 Å². The summed E-state index contributed by atoms with van der Waals surface area (Å²) in [7, 11) is -0.980. The van der Waals surface area contributed by atoms with E-state index < -0.39 is 9.76 Å². The molecule has 0 spiro atoms. The normalized spacial score (nSPS) is 10.9. The summed E-state index contributed by atoms with van der Waals surface area (Å²) in [5, 5.41) is 0. The molecule has 1 nitrogen and oxygen atoms in total. The highest BCUT2D eigenvalue weighted by Gasteiger charge is 1.89. The summed E-state index contributed by atoms with van der Waals surface area (Å²) in [6.45, 7) is 0. The van der Waals surface area contributed by atoms with E-state index >= 15 is 0 Å². The van der Waals surface area contributed by atoms with E-state index in [4.69, 9.17) is 0 Å². The maximum atomic E-state index is 10.2. The van der Waals surface area contributed by atoms with Gasteiger partial charge in [0.1, 0.15) is 0 Å². The summed E-state index contributed by atoms with van der Waals surface area (Å²) in [6.07, 6.45) is 0.983. The second kappa shape index (κ2) is 4.25. The fraction of sp³-hybridized carbons (Fsp3) is 0.250. The van der Waals surface area contributed by atoms with Crippen LogP contribution in [0.1, 0.15) is 5.56 Å². The Morgan fingerprint density at radius 2 is 1.90 bits per heavy atom. The Bertz CT molecular complexity index is 174. The van der Waals surface area contributed by atoms with Crippen LogP contribution >= 0.6 is 0 Å². The molecule has 0 bridgehead atoms. The monoisotopic (exact) mass is 151 g/mol. The number of hydrogen-bond acceptors (Lipinski definition) is 0. The summed E-state index contributed by atoms with van der Waals surface area (Å²) in [4.78, 5) is 10.2. The van der Waals surface area contributed by atoms with Gasteiger partial charge in [-0.3, -0.25) is 0 Å². The highest BCUT2D eigenvalue weighted by molar-refractivity contribution is 6.24. The third kappa shape index (κ3) is 2.33. The van der Waals surface area contributed by atoms with Crippen LogP contribution in [0.2, 0.25) is 6.04 Å². The fourth-order valence-corrected chi connectivity index (χ4v) is 1.47. The van der Waals surface area contributed by atoms with Crippen molar-refractivity contribution < 1.29 is 4.80 Å². The molecule has 0 unspecified atom stereocenters. The van der Waals surface area contributed by atoms with Crippen LogP contribution in [0.5, 0.6) is 0 Å². The summed E-state index contributed by atoms with van der Waals surface area (Å²) >= 11 is 0. The lowest BCUT2D eigenvalue weighted by atomic mass is 10.2. The molecule has 1 aromatic rings. The molecule has 0 saturated heterocycles. The molecule has 1 aromatic carbocycles. The molecule has 0 saturated carbocycles. The molecule has 10 heavy (non-hydrogen) atoms. The highest BCUT2D eigenvalue weighted by Crippen LogP contribution is 2.01. The van der Waals surface area contributed by atoms with E-state index in [-0.39, 0.29) is 0 Å². The average Bonchev–Trinajstić information content (AvgIpc) is 2.03. The second-order valence-corrected chi connectivity index (χ2v) is 3.41. The minimum absolute atomic E-state index is 0.893. The quantitative estimate of drug-likeness (QED) is 0.578. The summed E-state index contributed by atoms with van der Waals surface area (Å²) < 4.78 is 0. The van der Waals surface area contributed by atoms with Gasteiger partial charge in [0.25, 0.3) is 0 Å². The SMILES string of the molecule is [O][SiH2]CCc1ccccc1. The van der Waals surface area contributed by atoms with Gasteiger partial charge in [-0.2, -0.15) is 0 Å². The Labute approximate surface area is 63.7 Å². The summed E-state index contributed by atoms with van der Waals surface area (Å²) in [5.74, 6) is 0. The first-order chi connectivity index (χ1) is 4.93.